The molecule has 0 bridgehead atoms. The van der Waals surface area contributed by atoms with Gasteiger partial charge in [0.2, 0.25) is 0 Å². The van der Waals surface area contributed by atoms with E-state index in [-0.39, 0.29) is 0 Å². The summed E-state index contributed by atoms with van der Waals surface area (Å²) in [6, 6.07) is 0. The third-order valence-electron chi connectivity index (χ3n) is 1.37. The lowest BCUT2D eigenvalue weighted by Gasteiger charge is -1.94. The van der Waals surface area contributed by atoms with Crippen LogP contribution in [-0.4, -0.2) is 13.3 Å². The van der Waals surface area contributed by atoms with Gasteiger partial charge in [-0.25, -0.2) is 0 Å². The highest BCUT2D eigenvalue weighted by Gasteiger charge is 1.84. The van der Waals surface area contributed by atoms with Crippen LogP contribution in [0.5, 0.6) is 0 Å². The fourth-order valence-corrected chi connectivity index (χ4v) is 0.666. The molecule has 0 fully saturated rings. The van der Waals surface area contributed by atoms with Crippen LogP contribution < -0.4 is 0 Å². The Morgan fingerprint density at radius 1 is 1.33 bits per heavy atom. The lowest BCUT2D eigenvalue weighted by molar-refractivity contribution is 0.981. The predicted molar refractivity (Wildman–Crippen MR) is 43.1 cm³/mol. The molecule has 0 spiro atoms. The maximum absolute atomic E-state index is 3.87. The first-order valence-corrected chi connectivity index (χ1v) is 3.45. The first kappa shape index (κ1) is 8.41. The van der Waals surface area contributed by atoms with Crippen molar-refractivity contribution in [1.29, 1.82) is 0 Å². The molecule has 1 nitrogen and oxygen atoms in total. The number of rotatable bonds is 3. The van der Waals surface area contributed by atoms with Crippen molar-refractivity contribution >= 4 is 6.21 Å². The fourth-order valence-electron chi connectivity index (χ4n) is 0.666. The summed E-state index contributed by atoms with van der Waals surface area (Å²) in [5, 5.41) is 0. The van der Waals surface area contributed by atoms with Gasteiger partial charge >= 0.3 is 0 Å². The van der Waals surface area contributed by atoms with Gasteiger partial charge in [0.1, 0.15) is 0 Å². The lowest BCUT2D eigenvalue weighted by atomic mass is 10.1. The maximum atomic E-state index is 3.87. The van der Waals surface area contributed by atoms with E-state index in [0.717, 1.165) is 12.8 Å². The summed E-state index contributed by atoms with van der Waals surface area (Å²) in [6.45, 7) is 4.33. The van der Waals surface area contributed by atoms with Gasteiger partial charge in [0.15, 0.2) is 0 Å². The van der Waals surface area contributed by atoms with Crippen LogP contribution in [-0.2, 0) is 0 Å². The van der Waals surface area contributed by atoms with Gasteiger partial charge in [0.25, 0.3) is 0 Å². The second-order valence-electron chi connectivity index (χ2n) is 1.94. The summed E-state index contributed by atoms with van der Waals surface area (Å²) in [6.07, 6.45) is 6.22. The van der Waals surface area contributed by atoms with Crippen LogP contribution in [0.1, 0.15) is 26.7 Å². The first-order valence-electron chi connectivity index (χ1n) is 3.45. The minimum atomic E-state index is 1.14. The van der Waals surface area contributed by atoms with Gasteiger partial charge in [-0.15, -0.1) is 0 Å². The third kappa shape index (κ3) is 3.95. The van der Waals surface area contributed by atoms with Crippen molar-refractivity contribution in [3.63, 3.8) is 0 Å². The molecule has 1 heteroatoms. The van der Waals surface area contributed by atoms with Gasteiger partial charge in [0, 0.05) is 13.3 Å². The van der Waals surface area contributed by atoms with Crippen LogP contribution in [0.25, 0.3) is 0 Å². The van der Waals surface area contributed by atoms with E-state index in [1.165, 1.54) is 5.57 Å². The Labute approximate surface area is 57.5 Å². The van der Waals surface area contributed by atoms with Crippen molar-refractivity contribution in [3.05, 3.63) is 11.6 Å². The van der Waals surface area contributed by atoms with E-state index >= 15 is 0 Å². The van der Waals surface area contributed by atoms with Gasteiger partial charge in [-0.3, -0.25) is 4.99 Å². The summed E-state index contributed by atoms with van der Waals surface area (Å²) < 4.78 is 0. The highest BCUT2D eigenvalue weighted by molar-refractivity contribution is 5.71. The molecule has 0 amide bonds. The van der Waals surface area contributed by atoms with E-state index in [9.17, 15) is 0 Å². The quantitative estimate of drug-likeness (QED) is 0.514. The molecule has 0 aliphatic heterocycles. The van der Waals surface area contributed by atoms with Gasteiger partial charge < -0.3 is 0 Å². The molecule has 0 saturated carbocycles. The molecule has 0 heterocycles. The number of allylic oxidation sites excluding steroid dienone is 2. The topological polar surface area (TPSA) is 12.4 Å². The Morgan fingerprint density at radius 2 is 1.89 bits per heavy atom. The molecule has 0 aromatic carbocycles. The zero-order chi connectivity index (χ0) is 7.11. The zero-order valence-corrected chi connectivity index (χ0v) is 6.52. The Balaban J connectivity index is 3.75. The zero-order valence-electron chi connectivity index (χ0n) is 6.52. The number of nitrogens with zero attached hydrogens (tertiary/aromatic N) is 1. The van der Waals surface area contributed by atoms with Crippen molar-refractivity contribution in [1.82, 2.24) is 0 Å². The minimum absolute atomic E-state index is 1.14. The van der Waals surface area contributed by atoms with E-state index in [1.807, 2.05) is 6.21 Å². The molecule has 0 atom stereocenters. The third-order valence-corrected chi connectivity index (χ3v) is 1.37. The van der Waals surface area contributed by atoms with Crippen LogP contribution in [0.2, 0.25) is 0 Å². The average molecular weight is 125 g/mol. The molecule has 52 valence electrons. The Kier molecular flexibility index (Phi) is 5.18. The largest absolute Gasteiger partial charge is 0.297 e. The molecule has 0 aromatic rings. The summed E-state index contributed by atoms with van der Waals surface area (Å²) >= 11 is 0. The average Bonchev–Trinajstić information content (AvgIpc) is 1.91. The molecular formula is C8H15N. The van der Waals surface area contributed by atoms with Crippen molar-refractivity contribution in [2.24, 2.45) is 4.99 Å². The van der Waals surface area contributed by atoms with Gasteiger partial charge in [-0.05, 0) is 18.9 Å². The molecule has 0 N–H and O–H groups in total. The molecule has 0 saturated heterocycles. The maximum Gasteiger partial charge on any atom is 0.0277 e. The van der Waals surface area contributed by atoms with E-state index in [0.29, 0.717) is 0 Å². The number of hydrogen-bond acceptors (Lipinski definition) is 1. The van der Waals surface area contributed by atoms with Crippen LogP contribution in [0.4, 0.5) is 0 Å². The fraction of sp³-hybridized carbons (Fsp3) is 0.625. The summed E-state index contributed by atoms with van der Waals surface area (Å²) in [7, 11) is 1.79. The molecule has 0 radical (unpaired) electrons. The molecule has 0 rings (SSSR count). The van der Waals surface area contributed by atoms with Crippen LogP contribution in [0, 0.1) is 0 Å². The molecule has 9 heavy (non-hydrogen) atoms. The molecule has 0 aliphatic carbocycles. The van der Waals surface area contributed by atoms with Crippen LogP contribution in [0.3, 0.4) is 0 Å². The highest BCUT2D eigenvalue weighted by atomic mass is 14.6. The lowest BCUT2D eigenvalue weighted by Crippen LogP contribution is -1.77. The van der Waals surface area contributed by atoms with Gasteiger partial charge in [0.05, 0.1) is 0 Å². The molecule has 0 aliphatic rings. The summed E-state index contributed by atoms with van der Waals surface area (Å²) in [4.78, 5) is 3.87. The predicted octanol–water partition coefficient (Wildman–Crippen LogP) is 2.43. The minimum Gasteiger partial charge on any atom is -0.297 e. The van der Waals surface area contributed by atoms with Crippen molar-refractivity contribution < 1.29 is 0 Å². The van der Waals surface area contributed by atoms with E-state index in [2.05, 4.69) is 24.9 Å². The van der Waals surface area contributed by atoms with E-state index in [1.54, 1.807) is 7.05 Å². The van der Waals surface area contributed by atoms with E-state index < -0.39 is 0 Å². The van der Waals surface area contributed by atoms with E-state index in [4.69, 9.17) is 0 Å². The molecular weight excluding hydrogens is 110 g/mol. The van der Waals surface area contributed by atoms with Gasteiger partial charge in [-0.2, -0.15) is 0 Å². The smallest absolute Gasteiger partial charge is 0.0277 e. The van der Waals surface area contributed by atoms with Crippen LogP contribution >= 0.6 is 0 Å². The van der Waals surface area contributed by atoms with Crippen LogP contribution in [0.15, 0.2) is 16.6 Å². The number of aliphatic imine (C=N–C) groups is 1. The summed E-state index contributed by atoms with van der Waals surface area (Å²) in [5.74, 6) is 0. The standard InChI is InChI=1S/C8H15N/c1-4-8(5-2)6-7-9-3/h6-7H,4-5H2,1-3H3. The SMILES string of the molecule is CCC(=CC=NC)CC. The van der Waals surface area contributed by atoms with Crippen molar-refractivity contribution in [2.75, 3.05) is 7.05 Å². The normalized spacial score (nSPS) is 10.1. The second-order valence-corrected chi connectivity index (χ2v) is 1.94. The van der Waals surface area contributed by atoms with Gasteiger partial charge in [-0.1, -0.05) is 19.4 Å². The van der Waals surface area contributed by atoms with Crippen molar-refractivity contribution in [3.8, 4) is 0 Å². The highest BCUT2D eigenvalue weighted by Crippen LogP contribution is 2.02. The molecule has 0 unspecified atom stereocenters. The Hall–Kier alpha value is -0.590. The second kappa shape index (κ2) is 5.54. The Morgan fingerprint density at radius 3 is 2.22 bits per heavy atom. The first-order chi connectivity index (χ1) is 4.35. The Bertz CT molecular complexity index is 106. The number of hydrogen-bond donors (Lipinski definition) is 0. The summed E-state index contributed by atoms with van der Waals surface area (Å²) in [5.41, 5.74) is 1.46. The van der Waals surface area contributed by atoms with Crippen molar-refractivity contribution in [2.45, 2.75) is 26.7 Å². The monoisotopic (exact) mass is 125 g/mol. The molecule has 0 aromatic heterocycles.